The van der Waals surface area contributed by atoms with Crippen molar-refractivity contribution in [1.29, 1.82) is 0 Å². The van der Waals surface area contributed by atoms with Gasteiger partial charge in [0.2, 0.25) is 0 Å². The molecule has 0 bridgehead atoms. The molecule has 1 rings (SSSR count). The van der Waals surface area contributed by atoms with Crippen LogP contribution in [0, 0.1) is 3.57 Å². The van der Waals surface area contributed by atoms with Gasteiger partial charge in [0.05, 0.1) is 12.8 Å². The Morgan fingerprint density at radius 2 is 2.15 bits per heavy atom. The van der Waals surface area contributed by atoms with Crippen LogP contribution in [0.25, 0.3) is 0 Å². The number of amides is 2. The van der Waals surface area contributed by atoms with Crippen molar-refractivity contribution in [2.24, 2.45) is 0 Å². The molecular weight excluding hydrogens is 283 g/mol. The van der Waals surface area contributed by atoms with Crippen molar-refractivity contribution in [3.63, 3.8) is 0 Å². The monoisotopic (exact) mass is 292 g/mol. The zero-order valence-corrected chi connectivity index (χ0v) is 9.16. The number of rotatable bonds is 2. The summed E-state index contributed by atoms with van der Waals surface area (Å²) < 4.78 is 0.978. The van der Waals surface area contributed by atoms with Gasteiger partial charge < -0.3 is 5.32 Å². The van der Waals surface area contributed by atoms with Crippen molar-refractivity contribution in [3.8, 4) is 0 Å². The first-order chi connectivity index (χ1) is 6.24. The van der Waals surface area contributed by atoms with Crippen molar-refractivity contribution in [1.82, 2.24) is 5.48 Å². The zero-order valence-electron chi connectivity index (χ0n) is 7.00. The number of hydroxylamine groups is 1. The molecule has 0 fully saturated rings. The van der Waals surface area contributed by atoms with Gasteiger partial charge in [0.1, 0.15) is 0 Å². The van der Waals surface area contributed by atoms with Crippen LogP contribution < -0.4 is 10.8 Å². The number of anilines is 1. The Kier molecular flexibility index (Phi) is 3.97. The van der Waals surface area contributed by atoms with Gasteiger partial charge in [0.15, 0.2) is 0 Å². The van der Waals surface area contributed by atoms with Gasteiger partial charge in [-0.3, -0.25) is 4.84 Å². The van der Waals surface area contributed by atoms with E-state index in [1.807, 2.05) is 24.3 Å². The quantitative estimate of drug-likeness (QED) is 0.647. The molecule has 0 heterocycles. The van der Waals surface area contributed by atoms with Crippen molar-refractivity contribution >= 4 is 34.3 Å². The highest BCUT2D eigenvalue weighted by molar-refractivity contribution is 14.1. The molecule has 0 unspecified atom stereocenters. The lowest BCUT2D eigenvalue weighted by Crippen LogP contribution is -2.27. The summed E-state index contributed by atoms with van der Waals surface area (Å²) in [5.74, 6) is 0. The largest absolute Gasteiger partial charge is 0.343 e. The van der Waals surface area contributed by atoms with Gasteiger partial charge in [-0.2, -0.15) is 0 Å². The van der Waals surface area contributed by atoms with Crippen LogP contribution >= 0.6 is 22.6 Å². The average Bonchev–Trinajstić information content (AvgIpc) is 2.09. The second kappa shape index (κ2) is 5.03. The molecule has 0 aromatic heterocycles. The smallest absolute Gasteiger partial charge is 0.305 e. The highest BCUT2D eigenvalue weighted by atomic mass is 127. The standard InChI is InChI=1S/C8H9IN2O2/c1-13-11-8(12)10-7-5-3-2-4-6(7)9/h2-5H,1H3,(H2,10,11,12). The first kappa shape index (κ1) is 10.3. The molecule has 0 aliphatic carbocycles. The van der Waals surface area contributed by atoms with Crippen LogP contribution in [0.1, 0.15) is 0 Å². The van der Waals surface area contributed by atoms with E-state index in [-0.39, 0.29) is 6.03 Å². The average molecular weight is 292 g/mol. The molecule has 2 N–H and O–H groups in total. The molecule has 0 aliphatic rings. The molecule has 70 valence electrons. The first-order valence-electron chi connectivity index (χ1n) is 3.58. The van der Waals surface area contributed by atoms with Crippen molar-refractivity contribution in [2.45, 2.75) is 0 Å². The van der Waals surface area contributed by atoms with E-state index in [0.717, 1.165) is 9.26 Å². The first-order valence-corrected chi connectivity index (χ1v) is 4.66. The van der Waals surface area contributed by atoms with Crippen LogP contribution in [0.15, 0.2) is 24.3 Å². The fourth-order valence-electron chi connectivity index (χ4n) is 0.803. The normalized spacial score (nSPS) is 9.38. The van der Waals surface area contributed by atoms with E-state index in [1.165, 1.54) is 7.11 Å². The summed E-state index contributed by atoms with van der Waals surface area (Å²) in [4.78, 5) is 15.5. The Bertz CT molecular complexity index is 304. The van der Waals surface area contributed by atoms with Gasteiger partial charge in [0.25, 0.3) is 0 Å². The van der Waals surface area contributed by atoms with E-state index in [9.17, 15) is 4.79 Å². The van der Waals surface area contributed by atoms with E-state index >= 15 is 0 Å². The van der Waals surface area contributed by atoms with Gasteiger partial charge in [-0.25, -0.2) is 10.3 Å². The molecule has 0 saturated carbocycles. The predicted molar refractivity (Wildman–Crippen MR) is 58.3 cm³/mol. The zero-order chi connectivity index (χ0) is 9.68. The Labute approximate surface area is 89.8 Å². The van der Waals surface area contributed by atoms with Gasteiger partial charge in [-0.05, 0) is 34.7 Å². The van der Waals surface area contributed by atoms with Crippen LogP contribution in [0.4, 0.5) is 10.5 Å². The fraction of sp³-hybridized carbons (Fsp3) is 0.125. The van der Waals surface area contributed by atoms with Gasteiger partial charge in [0, 0.05) is 3.57 Å². The Hall–Kier alpha value is -0.820. The molecule has 13 heavy (non-hydrogen) atoms. The Balaban J connectivity index is 2.63. The molecule has 0 radical (unpaired) electrons. The number of urea groups is 1. The van der Waals surface area contributed by atoms with E-state index in [2.05, 4.69) is 38.2 Å². The maximum absolute atomic E-state index is 11.0. The molecule has 0 spiro atoms. The number of carbonyl (C=O) groups excluding carboxylic acids is 1. The van der Waals surface area contributed by atoms with E-state index in [4.69, 9.17) is 0 Å². The second-order valence-corrected chi connectivity index (χ2v) is 3.40. The maximum Gasteiger partial charge on any atom is 0.343 e. The number of nitrogens with one attached hydrogen (secondary N) is 2. The number of carbonyl (C=O) groups is 1. The van der Waals surface area contributed by atoms with Crippen LogP contribution in [0.3, 0.4) is 0 Å². The maximum atomic E-state index is 11.0. The minimum Gasteiger partial charge on any atom is -0.305 e. The lowest BCUT2D eigenvalue weighted by Gasteiger charge is -2.06. The van der Waals surface area contributed by atoms with Crippen LogP contribution in [-0.2, 0) is 4.84 Å². The number of benzene rings is 1. The lowest BCUT2D eigenvalue weighted by atomic mass is 10.3. The second-order valence-electron chi connectivity index (χ2n) is 2.24. The molecule has 1 aromatic rings. The number of halogens is 1. The van der Waals surface area contributed by atoms with E-state index in [0.29, 0.717) is 0 Å². The van der Waals surface area contributed by atoms with E-state index < -0.39 is 0 Å². The van der Waals surface area contributed by atoms with Crippen LogP contribution in [0.5, 0.6) is 0 Å². The van der Waals surface area contributed by atoms with E-state index in [1.54, 1.807) is 0 Å². The van der Waals surface area contributed by atoms with Crippen LogP contribution in [-0.4, -0.2) is 13.1 Å². The lowest BCUT2D eigenvalue weighted by molar-refractivity contribution is 0.114. The summed E-state index contributed by atoms with van der Waals surface area (Å²) in [5, 5.41) is 2.63. The Morgan fingerprint density at radius 3 is 2.77 bits per heavy atom. The van der Waals surface area contributed by atoms with Gasteiger partial charge >= 0.3 is 6.03 Å². The molecule has 0 aliphatic heterocycles. The fourth-order valence-corrected chi connectivity index (χ4v) is 1.33. The third kappa shape index (κ3) is 3.19. The Morgan fingerprint density at radius 1 is 1.46 bits per heavy atom. The molecule has 0 atom stereocenters. The molecule has 4 nitrogen and oxygen atoms in total. The molecular formula is C8H9IN2O2. The minimum absolute atomic E-state index is 0.383. The van der Waals surface area contributed by atoms with Crippen molar-refractivity contribution in [2.75, 3.05) is 12.4 Å². The summed E-state index contributed by atoms with van der Waals surface area (Å²) in [5.41, 5.74) is 2.93. The van der Waals surface area contributed by atoms with Crippen molar-refractivity contribution in [3.05, 3.63) is 27.8 Å². The SMILES string of the molecule is CONC(=O)Nc1ccccc1I. The summed E-state index contributed by atoms with van der Waals surface area (Å²) in [7, 11) is 1.38. The minimum atomic E-state index is -0.383. The molecule has 2 amide bonds. The summed E-state index contributed by atoms with van der Waals surface area (Å²) in [6, 6.07) is 7.10. The summed E-state index contributed by atoms with van der Waals surface area (Å²) in [6.07, 6.45) is 0. The number of hydrogen-bond acceptors (Lipinski definition) is 2. The van der Waals surface area contributed by atoms with Crippen molar-refractivity contribution < 1.29 is 9.63 Å². The van der Waals surface area contributed by atoms with Gasteiger partial charge in [-0.15, -0.1) is 0 Å². The van der Waals surface area contributed by atoms with Crippen LogP contribution in [0.2, 0.25) is 0 Å². The number of para-hydroxylation sites is 1. The molecule has 1 aromatic carbocycles. The number of hydrogen-bond donors (Lipinski definition) is 2. The topological polar surface area (TPSA) is 50.4 Å². The third-order valence-electron chi connectivity index (χ3n) is 1.32. The summed E-state index contributed by atoms with van der Waals surface area (Å²) in [6.45, 7) is 0. The predicted octanol–water partition coefficient (Wildman–Crippen LogP) is 1.97. The molecule has 0 saturated heterocycles. The highest BCUT2D eigenvalue weighted by Gasteiger charge is 2.02. The highest BCUT2D eigenvalue weighted by Crippen LogP contribution is 2.16. The third-order valence-corrected chi connectivity index (χ3v) is 2.26. The van der Waals surface area contributed by atoms with Gasteiger partial charge in [-0.1, -0.05) is 12.1 Å². The summed E-state index contributed by atoms with van der Waals surface area (Å²) >= 11 is 2.14. The molecule has 5 heteroatoms.